The lowest BCUT2D eigenvalue weighted by molar-refractivity contribution is -0.185. The zero-order chi connectivity index (χ0) is 31.6. The number of nitrogens with zero attached hydrogens (tertiary/aromatic N) is 2. The molecular weight excluding hydrogens is 614 g/mol. The topological polar surface area (TPSA) is 85.0 Å². The van der Waals surface area contributed by atoms with Gasteiger partial charge in [-0.15, -0.1) is 16.8 Å². The van der Waals surface area contributed by atoms with Gasteiger partial charge in [-0.25, -0.2) is 9.78 Å². The number of nitrogens with one attached hydrogen (secondary N) is 2. The molecule has 3 aliphatic rings. The third-order valence-electron chi connectivity index (χ3n) is 8.70. The maximum Gasteiger partial charge on any atom is 0.427 e. The quantitative estimate of drug-likeness (QED) is 0.272. The van der Waals surface area contributed by atoms with Crippen molar-refractivity contribution in [1.29, 1.82) is 0 Å². The summed E-state index contributed by atoms with van der Waals surface area (Å²) in [5, 5.41) is 3.36. The van der Waals surface area contributed by atoms with E-state index in [-0.39, 0.29) is 44.7 Å². The summed E-state index contributed by atoms with van der Waals surface area (Å²) < 4.78 is 91.6. The fraction of sp³-hybridized carbons (Fsp3) is 0.655. The molecule has 2 aliphatic heterocycles. The molecule has 0 bridgehead atoms. The molecule has 0 radical (unpaired) electrons. The van der Waals surface area contributed by atoms with Gasteiger partial charge in [0.2, 0.25) is 0 Å². The van der Waals surface area contributed by atoms with E-state index in [2.05, 4.69) is 10.8 Å². The smallest absolute Gasteiger partial charge is 0.427 e. The summed E-state index contributed by atoms with van der Waals surface area (Å²) in [6.45, 7) is 2.83. The summed E-state index contributed by atoms with van der Waals surface area (Å²) in [6, 6.07) is 5.15. The number of carbonyl (C=O) groups is 1. The summed E-state index contributed by atoms with van der Waals surface area (Å²) in [5.41, 5.74) is 3.89. The summed E-state index contributed by atoms with van der Waals surface area (Å²) >= 11 is 1.42. The summed E-state index contributed by atoms with van der Waals surface area (Å²) in [7, 11) is 1.49. The number of piperidine rings is 1. The number of aromatic nitrogens is 1. The highest BCUT2D eigenvalue weighted by Crippen LogP contribution is 2.46. The first kappa shape index (κ1) is 32.6. The number of hydroxylamine groups is 1. The molecule has 2 saturated heterocycles. The molecule has 244 valence electrons. The van der Waals surface area contributed by atoms with Gasteiger partial charge in [0.1, 0.15) is 23.8 Å². The maximum atomic E-state index is 13.3. The average Bonchev–Trinajstić information content (AvgIpc) is 3.61. The highest BCUT2D eigenvalue weighted by atomic mass is 32.1. The normalized spacial score (nSPS) is 24.5. The maximum absolute atomic E-state index is 13.3. The Hall–Kier alpha value is -2.78. The fourth-order valence-electron chi connectivity index (χ4n) is 6.14. The number of ether oxygens (including phenoxy) is 2. The minimum Gasteiger partial charge on any atom is -0.496 e. The van der Waals surface area contributed by atoms with Crippen molar-refractivity contribution in [3.05, 3.63) is 39.3 Å². The number of hydrogen-bond acceptors (Lipinski definition) is 8. The van der Waals surface area contributed by atoms with Gasteiger partial charge in [-0.3, -0.25) is 10.2 Å². The van der Waals surface area contributed by atoms with Crippen LogP contribution in [0, 0.1) is 11.8 Å². The molecule has 15 heteroatoms. The second-order valence-corrected chi connectivity index (χ2v) is 12.6. The van der Waals surface area contributed by atoms with Crippen LogP contribution >= 0.6 is 11.3 Å². The first-order valence-corrected chi connectivity index (χ1v) is 15.6. The van der Waals surface area contributed by atoms with Gasteiger partial charge in [-0.1, -0.05) is 6.92 Å². The third kappa shape index (κ3) is 7.53. The Labute approximate surface area is 255 Å². The first-order chi connectivity index (χ1) is 20.9. The average molecular weight is 651 g/mol. The van der Waals surface area contributed by atoms with E-state index in [0.29, 0.717) is 48.6 Å². The van der Waals surface area contributed by atoms with Crippen molar-refractivity contribution >= 4 is 17.4 Å². The van der Waals surface area contributed by atoms with Crippen molar-refractivity contribution in [2.24, 2.45) is 11.8 Å². The molecule has 1 aliphatic carbocycles. The Morgan fingerprint density at radius 1 is 1.05 bits per heavy atom. The van der Waals surface area contributed by atoms with E-state index in [0.717, 1.165) is 9.88 Å². The Balaban J connectivity index is 1.37. The Bertz CT molecular complexity index is 1290. The molecule has 1 aromatic heterocycles. The molecule has 2 aromatic rings. The van der Waals surface area contributed by atoms with E-state index < -0.39 is 42.6 Å². The highest BCUT2D eigenvalue weighted by molar-refractivity contribution is 7.11. The van der Waals surface area contributed by atoms with Crippen LogP contribution in [0.3, 0.4) is 0 Å². The monoisotopic (exact) mass is 650 g/mol. The van der Waals surface area contributed by atoms with E-state index in [9.17, 15) is 31.1 Å². The number of carbonyl (C=O) groups excluding carboxylic acids is 1. The molecule has 0 spiro atoms. The van der Waals surface area contributed by atoms with Gasteiger partial charge in [0.05, 0.1) is 34.5 Å². The standard InChI is InChI=1S/C29H36F6N4O4S/c1-3-22(42-19-8-9-20(23(14-19)41-2)25-37-27(40)43-38-25)24-21(15-39-12-10-18(11-13-39)29(33,34)35)36-26(44-24)16-4-6-17(7-5-16)28(30,31)32/h8-9,14,16-18,22,25,38H,3-7,10-13,15H2,1-2H3,(H,37,40)/t16-,17-,22?,25?. The summed E-state index contributed by atoms with van der Waals surface area (Å²) in [6.07, 6.45) is -8.71. The lowest BCUT2D eigenvalue weighted by atomic mass is 9.82. The first-order valence-electron chi connectivity index (χ1n) is 14.8. The van der Waals surface area contributed by atoms with Crippen LogP contribution in [-0.4, -0.2) is 48.5 Å². The van der Waals surface area contributed by atoms with Crippen LogP contribution < -0.4 is 20.3 Å². The van der Waals surface area contributed by atoms with E-state index in [1.165, 1.54) is 18.4 Å². The minimum atomic E-state index is -4.22. The van der Waals surface area contributed by atoms with E-state index in [1.807, 2.05) is 11.8 Å². The third-order valence-corrected chi connectivity index (χ3v) is 10.0. The molecule has 1 saturated carbocycles. The zero-order valence-corrected chi connectivity index (χ0v) is 25.2. The second kappa shape index (κ2) is 13.3. The molecule has 5 rings (SSSR count). The number of halogens is 6. The number of methoxy groups -OCH3 is 1. The lowest BCUT2D eigenvalue weighted by Crippen LogP contribution is -2.38. The SMILES string of the molecule is CCC(Oc1ccc(C2NOC(=O)N2)c(OC)c1)c1sc([C@H]2CC[C@H](C(F)(F)F)CC2)nc1CN1CCC(C(F)(F)F)CC1. The molecule has 2 unspecified atom stereocenters. The summed E-state index contributed by atoms with van der Waals surface area (Å²) in [5.74, 6) is -1.82. The van der Waals surface area contributed by atoms with Gasteiger partial charge in [0.25, 0.3) is 0 Å². The molecule has 1 aromatic carbocycles. The minimum absolute atomic E-state index is 0.0124. The molecule has 44 heavy (non-hydrogen) atoms. The Morgan fingerprint density at radius 2 is 1.70 bits per heavy atom. The van der Waals surface area contributed by atoms with Crippen molar-refractivity contribution in [3.63, 3.8) is 0 Å². The van der Waals surface area contributed by atoms with Crippen molar-refractivity contribution < 1.29 is 45.4 Å². The molecular formula is C29H36F6N4O4S. The predicted molar refractivity (Wildman–Crippen MR) is 149 cm³/mol. The molecule has 3 fully saturated rings. The second-order valence-electron chi connectivity index (χ2n) is 11.5. The van der Waals surface area contributed by atoms with Gasteiger partial charge in [0, 0.05) is 24.1 Å². The number of thiazole rings is 1. The van der Waals surface area contributed by atoms with Crippen molar-refractivity contribution in [3.8, 4) is 11.5 Å². The van der Waals surface area contributed by atoms with Gasteiger partial charge >= 0.3 is 18.4 Å². The molecule has 3 heterocycles. The predicted octanol–water partition coefficient (Wildman–Crippen LogP) is 7.54. The summed E-state index contributed by atoms with van der Waals surface area (Å²) in [4.78, 5) is 23.9. The molecule has 8 nitrogen and oxygen atoms in total. The largest absolute Gasteiger partial charge is 0.496 e. The number of likely N-dealkylation sites (tertiary alicyclic amines) is 1. The fourth-order valence-corrected chi connectivity index (χ4v) is 7.50. The lowest BCUT2D eigenvalue weighted by Gasteiger charge is -2.32. The van der Waals surface area contributed by atoms with E-state index >= 15 is 0 Å². The van der Waals surface area contributed by atoms with Crippen molar-refractivity contribution in [2.75, 3.05) is 20.2 Å². The van der Waals surface area contributed by atoms with E-state index in [1.54, 1.807) is 18.2 Å². The van der Waals surface area contributed by atoms with Gasteiger partial charge in [0.15, 0.2) is 0 Å². The van der Waals surface area contributed by atoms with Crippen molar-refractivity contribution in [1.82, 2.24) is 20.7 Å². The van der Waals surface area contributed by atoms with Gasteiger partial charge in [-0.2, -0.15) is 26.3 Å². The van der Waals surface area contributed by atoms with E-state index in [4.69, 9.17) is 19.3 Å². The number of alkyl halides is 6. The highest BCUT2D eigenvalue weighted by Gasteiger charge is 2.43. The van der Waals surface area contributed by atoms with Crippen LogP contribution in [0.2, 0.25) is 0 Å². The van der Waals surface area contributed by atoms with Crippen LogP contribution in [0.25, 0.3) is 0 Å². The van der Waals surface area contributed by atoms with Gasteiger partial charge < -0.3 is 14.3 Å². The number of hydrogen-bond donors (Lipinski definition) is 2. The van der Waals surface area contributed by atoms with Crippen LogP contribution in [0.15, 0.2) is 18.2 Å². The number of benzene rings is 1. The zero-order valence-electron chi connectivity index (χ0n) is 24.4. The Kier molecular flexibility index (Phi) is 9.85. The number of rotatable bonds is 9. The molecule has 2 N–H and O–H groups in total. The Morgan fingerprint density at radius 3 is 2.27 bits per heavy atom. The van der Waals surface area contributed by atoms with Gasteiger partial charge in [-0.05, 0) is 70.2 Å². The van der Waals surface area contributed by atoms with Crippen LogP contribution in [-0.2, 0) is 11.4 Å². The van der Waals surface area contributed by atoms with Crippen LogP contribution in [0.5, 0.6) is 11.5 Å². The van der Waals surface area contributed by atoms with Crippen molar-refractivity contribution in [2.45, 2.75) is 89.0 Å². The molecule has 2 atom stereocenters. The van der Waals surface area contributed by atoms with Crippen LogP contribution in [0.1, 0.15) is 91.2 Å². The number of amides is 1. The van der Waals surface area contributed by atoms with Crippen LogP contribution in [0.4, 0.5) is 31.1 Å². The molecule has 1 amide bonds.